The molecule has 1 N–H and O–H groups in total. The lowest BCUT2D eigenvalue weighted by atomic mass is 10.2. The third kappa shape index (κ3) is 3.43. The third-order valence-corrected chi connectivity index (χ3v) is 4.65. The first-order valence-corrected chi connectivity index (χ1v) is 8.95. The highest BCUT2D eigenvalue weighted by Gasteiger charge is 2.17. The van der Waals surface area contributed by atoms with Crippen LogP contribution in [0.1, 0.15) is 16.1 Å². The first-order chi connectivity index (χ1) is 14.1. The number of esters is 1. The van der Waals surface area contributed by atoms with Crippen molar-refractivity contribution >= 4 is 28.9 Å². The van der Waals surface area contributed by atoms with Gasteiger partial charge >= 0.3 is 5.97 Å². The molecule has 29 heavy (non-hydrogen) atoms. The molecule has 0 unspecified atom stereocenters. The van der Waals surface area contributed by atoms with Crippen LogP contribution in [0.4, 0.5) is 5.69 Å². The summed E-state index contributed by atoms with van der Waals surface area (Å²) in [5.41, 5.74) is 1.83. The normalized spacial score (nSPS) is 10.8. The van der Waals surface area contributed by atoms with Crippen molar-refractivity contribution in [3.8, 4) is 5.69 Å². The van der Waals surface area contributed by atoms with E-state index in [0.717, 1.165) is 10.4 Å². The number of fused-ring (bicyclic) bond motifs is 1. The van der Waals surface area contributed by atoms with Gasteiger partial charge < -0.3 is 10.1 Å². The van der Waals surface area contributed by atoms with Gasteiger partial charge in [-0.2, -0.15) is 14.9 Å². The maximum absolute atomic E-state index is 12.8. The molecule has 4 rings (SSSR count). The van der Waals surface area contributed by atoms with Crippen LogP contribution >= 0.6 is 11.6 Å². The Morgan fingerprint density at radius 3 is 2.83 bits per heavy atom. The second-order valence-electron chi connectivity index (χ2n) is 5.99. The maximum Gasteiger partial charge on any atom is 0.340 e. The predicted molar refractivity (Wildman–Crippen MR) is 106 cm³/mol. The van der Waals surface area contributed by atoms with Crippen LogP contribution in [0.25, 0.3) is 11.3 Å². The van der Waals surface area contributed by atoms with E-state index in [1.165, 1.54) is 13.3 Å². The quantitative estimate of drug-likeness (QED) is 0.503. The highest BCUT2D eigenvalue weighted by molar-refractivity contribution is 6.32. The fourth-order valence-electron chi connectivity index (χ4n) is 2.87. The largest absolute Gasteiger partial charge is 0.465 e. The Hall–Kier alpha value is -3.72. The van der Waals surface area contributed by atoms with E-state index in [0.29, 0.717) is 17.9 Å². The van der Waals surface area contributed by atoms with E-state index in [-0.39, 0.29) is 16.3 Å². The standard InChI is InChI=1S/C19H15ClN6O3/c1-29-19(28)13-4-2-3-5-15(13)26-18(27)17(20)14(11-24-26)22-10-12-6-8-21-16-7-9-23-25(12)16/h2-9,11,22H,10H2,1H3. The summed E-state index contributed by atoms with van der Waals surface area (Å²) in [5.74, 6) is -0.575. The summed E-state index contributed by atoms with van der Waals surface area (Å²) >= 11 is 6.29. The molecule has 0 aliphatic rings. The smallest absolute Gasteiger partial charge is 0.340 e. The SMILES string of the molecule is COC(=O)c1ccccc1-n1ncc(NCc2ccnc3ccnn23)c(Cl)c1=O. The minimum absolute atomic E-state index is 0.0505. The van der Waals surface area contributed by atoms with Crippen LogP contribution in [0.15, 0.2) is 59.8 Å². The number of carbonyl (C=O) groups is 1. The number of para-hydroxylation sites is 1. The number of nitrogens with one attached hydrogen (secondary N) is 1. The Kier molecular flexibility index (Phi) is 4.96. The van der Waals surface area contributed by atoms with Crippen LogP contribution in [0, 0.1) is 0 Å². The molecule has 0 spiro atoms. The van der Waals surface area contributed by atoms with Gasteiger partial charge in [-0.15, -0.1) is 0 Å². The third-order valence-electron chi connectivity index (χ3n) is 4.28. The van der Waals surface area contributed by atoms with E-state index < -0.39 is 11.5 Å². The lowest BCUT2D eigenvalue weighted by Crippen LogP contribution is -2.24. The van der Waals surface area contributed by atoms with Crippen molar-refractivity contribution in [3.63, 3.8) is 0 Å². The molecule has 0 amide bonds. The molecule has 0 aliphatic heterocycles. The van der Waals surface area contributed by atoms with Crippen molar-refractivity contribution < 1.29 is 9.53 Å². The van der Waals surface area contributed by atoms with Gasteiger partial charge in [0.05, 0.1) is 48.7 Å². The lowest BCUT2D eigenvalue weighted by Gasteiger charge is -2.12. The number of ether oxygens (including phenoxy) is 1. The minimum atomic E-state index is -0.575. The zero-order chi connectivity index (χ0) is 20.4. The zero-order valence-electron chi connectivity index (χ0n) is 15.2. The Balaban J connectivity index is 1.66. The maximum atomic E-state index is 12.8. The highest BCUT2D eigenvalue weighted by atomic mass is 35.5. The van der Waals surface area contributed by atoms with E-state index in [9.17, 15) is 9.59 Å². The van der Waals surface area contributed by atoms with Crippen molar-refractivity contribution in [3.05, 3.63) is 81.6 Å². The molecule has 0 saturated carbocycles. The Bertz CT molecular complexity index is 1270. The second kappa shape index (κ2) is 7.72. The molecule has 0 saturated heterocycles. The van der Waals surface area contributed by atoms with Crippen molar-refractivity contribution in [1.29, 1.82) is 0 Å². The summed E-state index contributed by atoms with van der Waals surface area (Å²) in [6.07, 6.45) is 4.76. The average Bonchev–Trinajstić information content (AvgIpc) is 3.24. The van der Waals surface area contributed by atoms with Crippen LogP contribution in [-0.2, 0) is 11.3 Å². The summed E-state index contributed by atoms with van der Waals surface area (Å²) in [7, 11) is 1.27. The molecule has 3 aromatic heterocycles. The fraction of sp³-hybridized carbons (Fsp3) is 0.105. The molecule has 9 nitrogen and oxygen atoms in total. The number of nitrogens with zero attached hydrogens (tertiary/aromatic N) is 5. The number of aromatic nitrogens is 5. The number of halogens is 1. The second-order valence-corrected chi connectivity index (χ2v) is 6.37. The van der Waals surface area contributed by atoms with E-state index in [4.69, 9.17) is 16.3 Å². The molecule has 0 bridgehead atoms. The molecule has 0 radical (unpaired) electrons. The van der Waals surface area contributed by atoms with Crippen molar-refractivity contribution in [2.75, 3.05) is 12.4 Å². The van der Waals surface area contributed by atoms with Crippen LogP contribution in [0.2, 0.25) is 5.02 Å². The summed E-state index contributed by atoms with van der Waals surface area (Å²) in [5, 5.41) is 11.4. The van der Waals surface area contributed by atoms with E-state index >= 15 is 0 Å². The molecule has 4 aromatic rings. The van der Waals surface area contributed by atoms with Gasteiger partial charge in [0.1, 0.15) is 5.02 Å². The van der Waals surface area contributed by atoms with Gasteiger partial charge in [-0.1, -0.05) is 23.7 Å². The van der Waals surface area contributed by atoms with Crippen LogP contribution in [0.3, 0.4) is 0 Å². The molecular weight excluding hydrogens is 396 g/mol. The number of anilines is 1. The van der Waals surface area contributed by atoms with Gasteiger partial charge in [-0.3, -0.25) is 4.79 Å². The number of carbonyl (C=O) groups excluding carboxylic acids is 1. The first-order valence-electron chi connectivity index (χ1n) is 8.57. The monoisotopic (exact) mass is 410 g/mol. The van der Waals surface area contributed by atoms with E-state index in [1.54, 1.807) is 47.2 Å². The highest BCUT2D eigenvalue weighted by Crippen LogP contribution is 2.19. The summed E-state index contributed by atoms with van der Waals surface area (Å²) in [6.45, 7) is 0.351. The number of rotatable bonds is 5. The number of benzene rings is 1. The van der Waals surface area contributed by atoms with Gasteiger partial charge in [0.2, 0.25) is 0 Å². The fourth-order valence-corrected chi connectivity index (χ4v) is 3.07. The topological polar surface area (TPSA) is 103 Å². The van der Waals surface area contributed by atoms with E-state index in [2.05, 4.69) is 20.5 Å². The average molecular weight is 411 g/mol. The van der Waals surface area contributed by atoms with Gasteiger partial charge in [0.25, 0.3) is 5.56 Å². The predicted octanol–water partition coefficient (Wildman–Crippen LogP) is 2.33. The Morgan fingerprint density at radius 2 is 2.00 bits per heavy atom. The van der Waals surface area contributed by atoms with Crippen LogP contribution in [0.5, 0.6) is 0 Å². The molecule has 1 aromatic carbocycles. The molecule has 0 atom stereocenters. The number of methoxy groups -OCH3 is 1. The summed E-state index contributed by atoms with van der Waals surface area (Å²) in [6, 6.07) is 10.1. The van der Waals surface area contributed by atoms with Crippen molar-refractivity contribution in [1.82, 2.24) is 24.4 Å². The molecule has 0 fully saturated rings. The molecule has 146 valence electrons. The zero-order valence-corrected chi connectivity index (χ0v) is 16.0. The van der Waals surface area contributed by atoms with Crippen molar-refractivity contribution in [2.24, 2.45) is 0 Å². The Labute approximate surface area is 169 Å². The Morgan fingerprint density at radius 1 is 1.17 bits per heavy atom. The molecule has 10 heteroatoms. The first kappa shape index (κ1) is 18.6. The van der Waals surface area contributed by atoms with Crippen LogP contribution < -0.4 is 10.9 Å². The van der Waals surface area contributed by atoms with Gasteiger partial charge in [-0.25, -0.2) is 14.3 Å². The van der Waals surface area contributed by atoms with Gasteiger partial charge in [0.15, 0.2) is 5.65 Å². The molecule has 3 heterocycles. The molecule has 0 aliphatic carbocycles. The lowest BCUT2D eigenvalue weighted by molar-refractivity contribution is 0.0600. The van der Waals surface area contributed by atoms with Crippen LogP contribution in [-0.4, -0.2) is 37.5 Å². The summed E-state index contributed by atoms with van der Waals surface area (Å²) < 4.78 is 7.52. The van der Waals surface area contributed by atoms with Gasteiger partial charge in [0, 0.05) is 12.3 Å². The van der Waals surface area contributed by atoms with Gasteiger partial charge in [-0.05, 0) is 18.2 Å². The minimum Gasteiger partial charge on any atom is -0.465 e. The van der Waals surface area contributed by atoms with E-state index in [1.807, 2.05) is 6.07 Å². The number of hydrogen-bond donors (Lipinski definition) is 1. The van der Waals surface area contributed by atoms with Crippen molar-refractivity contribution in [2.45, 2.75) is 6.54 Å². The number of hydrogen-bond acceptors (Lipinski definition) is 7. The molecular formula is C19H15ClN6O3. The summed E-state index contributed by atoms with van der Waals surface area (Å²) in [4.78, 5) is 29.0.